The monoisotopic (exact) mass is 685 g/mol. The third-order valence-electron chi connectivity index (χ3n) is 6.43. The number of aromatic nitrogens is 3. The van der Waals surface area contributed by atoms with E-state index in [2.05, 4.69) is 36.2 Å². The Morgan fingerprint density at radius 1 is 0.909 bits per heavy atom. The molecule has 5 rings (SSSR count). The van der Waals surface area contributed by atoms with E-state index < -0.39 is 56.8 Å². The summed E-state index contributed by atoms with van der Waals surface area (Å²) in [6.45, 7) is 0. The van der Waals surface area contributed by atoms with Crippen LogP contribution in [-0.4, -0.2) is 46.4 Å². The van der Waals surface area contributed by atoms with E-state index in [9.17, 15) is 36.3 Å². The molecule has 10 nitrogen and oxygen atoms in total. The maximum absolute atomic E-state index is 15.0. The van der Waals surface area contributed by atoms with Crippen molar-refractivity contribution in [2.45, 2.75) is 17.4 Å². The number of hydrogen-bond acceptors (Lipinski definition) is 7. The second-order valence-electron chi connectivity index (χ2n) is 9.33. The zero-order valence-electron chi connectivity index (χ0n) is 22.1. The van der Waals surface area contributed by atoms with Gasteiger partial charge in [0.2, 0.25) is 5.95 Å². The summed E-state index contributed by atoms with van der Waals surface area (Å²) >= 11 is 3.31. The minimum atomic E-state index is -4.34. The molecule has 1 amide bonds. The number of carboxylic acid groups (broad SMARTS) is 1. The van der Waals surface area contributed by atoms with Crippen LogP contribution in [0.3, 0.4) is 0 Å². The van der Waals surface area contributed by atoms with Gasteiger partial charge in [0.1, 0.15) is 23.2 Å². The smallest absolute Gasteiger partial charge is 0.326 e. The number of carbonyl (C=O) groups is 2. The summed E-state index contributed by atoms with van der Waals surface area (Å²) < 4.78 is 71.8. The molecule has 0 spiro atoms. The second-order valence-corrected chi connectivity index (χ2v) is 11.9. The molecule has 3 heterocycles. The van der Waals surface area contributed by atoms with Crippen molar-refractivity contribution in [2.24, 2.45) is 0 Å². The number of carboxylic acids is 1. The highest BCUT2D eigenvalue weighted by Crippen LogP contribution is 2.26. The largest absolute Gasteiger partial charge is 0.480 e. The number of benzene rings is 2. The lowest BCUT2D eigenvalue weighted by Gasteiger charge is -2.16. The molecule has 0 aliphatic carbocycles. The van der Waals surface area contributed by atoms with Crippen LogP contribution in [0.15, 0.2) is 88.6 Å². The number of halogens is 4. The van der Waals surface area contributed by atoms with E-state index >= 15 is 0 Å². The number of amides is 1. The van der Waals surface area contributed by atoms with Gasteiger partial charge < -0.3 is 10.4 Å². The zero-order valence-corrected chi connectivity index (χ0v) is 24.5. The van der Waals surface area contributed by atoms with Crippen molar-refractivity contribution in [2.75, 3.05) is 4.72 Å². The van der Waals surface area contributed by atoms with E-state index in [4.69, 9.17) is 0 Å². The molecule has 2 aromatic carbocycles. The molecule has 0 saturated heterocycles. The lowest BCUT2D eigenvalue weighted by Crippen LogP contribution is -2.43. The number of anilines is 1. The van der Waals surface area contributed by atoms with Crippen molar-refractivity contribution in [3.05, 3.63) is 113 Å². The first kappa shape index (κ1) is 30.6. The molecule has 0 radical (unpaired) electrons. The van der Waals surface area contributed by atoms with Gasteiger partial charge in [-0.25, -0.2) is 27.0 Å². The van der Waals surface area contributed by atoms with Crippen LogP contribution in [0.2, 0.25) is 0 Å². The molecule has 15 heteroatoms. The summed E-state index contributed by atoms with van der Waals surface area (Å²) in [5, 5.41) is 12.3. The number of pyridine rings is 3. The van der Waals surface area contributed by atoms with Crippen LogP contribution in [0.1, 0.15) is 16.1 Å². The Morgan fingerprint density at radius 2 is 1.61 bits per heavy atom. The fourth-order valence-electron chi connectivity index (χ4n) is 4.35. The Morgan fingerprint density at radius 3 is 2.27 bits per heavy atom. The predicted molar refractivity (Wildman–Crippen MR) is 157 cm³/mol. The zero-order chi connectivity index (χ0) is 31.6. The SMILES string of the molecule is O=C(N[C@@H](Cc1ncc(Br)c2ncccc12)C(=O)O)c1c(F)cc(NS(=O)(=O)c2ccc(-c3ccnc(F)c3)cc2)cc1F. The molecule has 0 aliphatic heterocycles. The Balaban J connectivity index is 1.33. The number of nitrogens with one attached hydrogen (secondary N) is 2. The molecule has 0 aliphatic rings. The maximum atomic E-state index is 15.0. The molecule has 0 fully saturated rings. The standard InChI is InChI=1S/C29H19BrF3N5O5S/c30-20-14-36-23(19-2-1-8-35-27(19)20)13-24(29(40)41)37-28(39)26-21(31)11-17(12-22(26)32)38-44(42,43)18-5-3-15(4-6-18)16-7-9-34-25(33)10-16/h1-12,14,24,38H,13H2,(H,37,39)(H,40,41)/t24-/m0/s1. The molecular weight excluding hydrogens is 667 g/mol. The molecule has 0 bridgehead atoms. The molecule has 3 aromatic heterocycles. The van der Waals surface area contributed by atoms with E-state index in [0.29, 0.717) is 38.6 Å². The topological polar surface area (TPSA) is 151 Å². The normalized spacial score (nSPS) is 12.1. The van der Waals surface area contributed by atoms with E-state index in [1.54, 1.807) is 12.1 Å². The van der Waals surface area contributed by atoms with Crippen molar-refractivity contribution in [3.8, 4) is 11.1 Å². The van der Waals surface area contributed by atoms with Gasteiger partial charge >= 0.3 is 5.97 Å². The first-order valence-corrected chi connectivity index (χ1v) is 14.9. The lowest BCUT2D eigenvalue weighted by atomic mass is 10.1. The van der Waals surface area contributed by atoms with Crippen molar-refractivity contribution in [1.29, 1.82) is 0 Å². The number of carbonyl (C=O) groups excluding carboxylic acids is 1. The molecule has 44 heavy (non-hydrogen) atoms. The van der Waals surface area contributed by atoms with Gasteiger partial charge in [-0.15, -0.1) is 0 Å². The third-order valence-corrected chi connectivity index (χ3v) is 8.40. The Bertz CT molecular complexity index is 2010. The highest BCUT2D eigenvalue weighted by Gasteiger charge is 2.27. The van der Waals surface area contributed by atoms with Crippen molar-refractivity contribution in [1.82, 2.24) is 20.3 Å². The first-order valence-electron chi connectivity index (χ1n) is 12.6. The van der Waals surface area contributed by atoms with E-state index in [1.807, 2.05) is 4.72 Å². The highest BCUT2D eigenvalue weighted by molar-refractivity contribution is 9.10. The number of rotatable bonds is 9. The van der Waals surface area contributed by atoms with Crippen molar-refractivity contribution in [3.63, 3.8) is 0 Å². The van der Waals surface area contributed by atoms with Crippen LogP contribution in [-0.2, 0) is 21.2 Å². The van der Waals surface area contributed by atoms with Gasteiger partial charge in [0.15, 0.2) is 0 Å². The fourth-order valence-corrected chi connectivity index (χ4v) is 5.81. The van der Waals surface area contributed by atoms with Gasteiger partial charge in [0.05, 0.1) is 26.3 Å². The Kier molecular flexibility index (Phi) is 8.60. The van der Waals surface area contributed by atoms with Crippen LogP contribution in [0.25, 0.3) is 22.0 Å². The van der Waals surface area contributed by atoms with Crippen LogP contribution in [0.4, 0.5) is 18.9 Å². The molecule has 5 aromatic rings. The van der Waals surface area contributed by atoms with E-state index in [0.717, 1.165) is 0 Å². The van der Waals surface area contributed by atoms with Gasteiger partial charge in [0.25, 0.3) is 15.9 Å². The maximum Gasteiger partial charge on any atom is 0.326 e. The Labute approximate surface area is 256 Å². The van der Waals surface area contributed by atoms with Crippen LogP contribution < -0.4 is 10.0 Å². The average Bonchev–Trinajstić information content (AvgIpc) is 2.97. The van der Waals surface area contributed by atoms with E-state index in [1.165, 1.54) is 55.0 Å². The summed E-state index contributed by atoms with van der Waals surface area (Å²) in [7, 11) is -4.34. The second kappa shape index (κ2) is 12.4. The first-order chi connectivity index (χ1) is 20.9. The molecular formula is C29H19BrF3N5O5S. The summed E-state index contributed by atoms with van der Waals surface area (Å²) in [4.78, 5) is 36.4. The molecule has 0 saturated carbocycles. The minimum Gasteiger partial charge on any atom is -0.480 e. The lowest BCUT2D eigenvalue weighted by molar-refractivity contribution is -0.139. The van der Waals surface area contributed by atoms with Crippen molar-refractivity contribution >= 4 is 54.4 Å². The van der Waals surface area contributed by atoms with Gasteiger partial charge in [-0.3, -0.25) is 19.5 Å². The van der Waals surface area contributed by atoms with Gasteiger partial charge in [-0.1, -0.05) is 12.1 Å². The summed E-state index contributed by atoms with van der Waals surface area (Å²) in [6.07, 6.45) is 3.88. The number of sulfonamides is 1. The molecule has 1 atom stereocenters. The number of fused-ring (bicyclic) bond motifs is 1. The summed E-state index contributed by atoms with van der Waals surface area (Å²) in [5.41, 5.74) is 0.0982. The molecule has 3 N–H and O–H groups in total. The number of nitrogens with zero attached hydrogens (tertiary/aromatic N) is 3. The van der Waals surface area contributed by atoms with Crippen molar-refractivity contribution < 1.29 is 36.3 Å². The third kappa shape index (κ3) is 6.53. The van der Waals surface area contributed by atoms with Crippen LogP contribution in [0.5, 0.6) is 0 Å². The van der Waals surface area contributed by atoms with Gasteiger partial charge in [0, 0.05) is 36.5 Å². The fraction of sp³-hybridized carbons (Fsp3) is 0.0690. The van der Waals surface area contributed by atoms with Crippen LogP contribution in [0, 0.1) is 17.6 Å². The molecule has 224 valence electrons. The summed E-state index contributed by atoms with van der Waals surface area (Å²) in [6, 6.07) is 10.8. The van der Waals surface area contributed by atoms with Crippen LogP contribution >= 0.6 is 15.9 Å². The summed E-state index contributed by atoms with van der Waals surface area (Å²) in [5.74, 6) is -6.44. The van der Waals surface area contributed by atoms with Gasteiger partial charge in [-0.2, -0.15) is 4.39 Å². The quantitative estimate of drug-likeness (QED) is 0.181. The molecule has 0 unspecified atom stereocenters. The highest BCUT2D eigenvalue weighted by atomic mass is 79.9. The number of aliphatic carboxylic acids is 1. The predicted octanol–water partition coefficient (Wildman–Crippen LogP) is 5.10. The van der Waals surface area contributed by atoms with E-state index in [-0.39, 0.29) is 17.0 Å². The van der Waals surface area contributed by atoms with Gasteiger partial charge in [-0.05, 0) is 69.5 Å². The minimum absolute atomic E-state index is 0.257. The average molecular weight is 686 g/mol. The Hall–Kier alpha value is -4.89. The number of hydrogen-bond donors (Lipinski definition) is 3.